The van der Waals surface area contributed by atoms with Crippen LogP contribution in [0.5, 0.6) is 0 Å². The largest absolute Gasteiger partial charge is 0.342 e. The van der Waals surface area contributed by atoms with Crippen LogP contribution in [0.1, 0.15) is 46.2 Å². The maximum absolute atomic E-state index is 12.6. The molecule has 0 saturated carbocycles. The average Bonchev–Trinajstić information content (AvgIpc) is 3.12. The zero-order chi connectivity index (χ0) is 17.2. The molecular weight excluding hydrogens is 312 g/mol. The Balaban J connectivity index is 1.54. The number of para-hydroxylation sites is 1. The van der Waals surface area contributed by atoms with Gasteiger partial charge in [0.15, 0.2) is 0 Å². The number of carbonyl (C=O) groups is 1. The third kappa shape index (κ3) is 3.05. The molecule has 5 nitrogen and oxygen atoms in total. The van der Waals surface area contributed by atoms with E-state index < -0.39 is 0 Å². The average molecular weight is 332 g/mol. The predicted octanol–water partition coefficient (Wildman–Crippen LogP) is 3.38. The van der Waals surface area contributed by atoms with Crippen molar-refractivity contribution in [1.29, 1.82) is 0 Å². The van der Waals surface area contributed by atoms with Crippen molar-refractivity contribution in [2.75, 3.05) is 0 Å². The number of rotatable bonds is 3. The topological polar surface area (TPSA) is 59.8 Å². The Labute approximate surface area is 146 Å². The number of aryl methyl sites for hydroxylation is 2. The Hall–Kier alpha value is -2.95. The Bertz CT molecular complexity index is 915. The van der Waals surface area contributed by atoms with Crippen LogP contribution in [0.2, 0.25) is 0 Å². The summed E-state index contributed by atoms with van der Waals surface area (Å²) in [5.41, 5.74) is 4.54. The highest BCUT2D eigenvalue weighted by atomic mass is 16.2. The first-order valence-corrected chi connectivity index (χ1v) is 8.59. The van der Waals surface area contributed by atoms with Gasteiger partial charge in [0.25, 0.3) is 5.91 Å². The first-order chi connectivity index (χ1) is 12.2. The molecule has 0 spiro atoms. The van der Waals surface area contributed by atoms with Crippen LogP contribution in [-0.4, -0.2) is 20.7 Å². The van der Waals surface area contributed by atoms with Gasteiger partial charge in [0.05, 0.1) is 11.7 Å². The van der Waals surface area contributed by atoms with E-state index in [9.17, 15) is 4.79 Å². The van der Waals surface area contributed by atoms with E-state index in [1.165, 1.54) is 11.1 Å². The highest BCUT2D eigenvalue weighted by Crippen LogP contribution is 2.29. The molecule has 1 amide bonds. The standard InChI is InChI=1S/C20H20N4O/c1-14-7-2-5-12-18(14)24-13-21-19(23-24)20(25)22-17-11-6-9-15-8-3-4-10-16(15)17/h2-5,7-8,10,12-13,17H,6,9,11H2,1H3,(H,22,25). The molecule has 3 aromatic rings. The van der Waals surface area contributed by atoms with Gasteiger partial charge in [0.2, 0.25) is 5.82 Å². The fourth-order valence-electron chi connectivity index (χ4n) is 3.43. The second-order valence-electron chi connectivity index (χ2n) is 6.42. The third-order valence-electron chi connectivity index (χ3n) is 4.73. The van der Waals surface area contributed by atoms with Crippen molar-refractivity contribution in [1.82, 2.24) is 20.1 Å². The number of amides is 1. The van der Waals surface area contributed by atoms with Gasteiger partial charge in [-0.2, -0.15) is 0 Å². The molecule has 25 heavy (non-hydrogen) atoms. The fraction of sp³-hybridized carbons (Fsp3) is 0.250. The van der Waals surface area contributed by atoms with E-state index in [2.05, 4.69) is 33.6 Å². The zero-order valence-corrected chi connectivity index (χ0v) is 14.1. The molecular formula is C20H20N4O. The van der Waals surface area contributed by atoms with Crippen LogP contribution >= 0.6 is 0 Å². The quantitative estimate of drug-likeness (QED) is 0.800. The fourth-order valence-corrected chi connectivity index (χ4v) is 3.43. The Morgan fingerprint density at radius 1 is 1.16 bits per heavy atom. The van der Waals surface area contributed by atoms with Crippen molar-refractivity contribution in [3.05, 3.63) is 77.4 Å². The molecule has 4 rings (SSSR count). The summed E-state index contributed by atoms with van der Waals surface area (Å²) < 4.78 is 1.65. The molecule has 0 saturated heterocycles. The molecule has 1 aliphatic carbocycles. The number of hydrogen-bond donors (Lipinski definition) is 1. The first-order valence-electron chi connectivity index (χ1n) is 8.59. The maximum atomic E-state index is 12.6. The van der Waals surface area contributed by atoms with Crippen LogP contribution in [0.3, 0.4) is 0 Å². The van der Waals surface area contributed by atoms with Gasteiger partial charge in [-0.05, 0) is 48.9 Å². The monoisotopic (exact) mass is 332 g/mol. The summed E-state index contributed by atoms with van der Waals surface area (Å²) in [6, 6.07) is 16.2. The van der Waals surface area contributed by atoms with Crippen molar-refractivity contribution in [3.8, 4) is 5.69 Å². The molecule has 0 aliphatic heterocycles. The summed E-state index contributed by atoms with van der Waals surface area (Å²) in [7, 11) is 0. The Morgan fingerprint density at radius 2 is 1.96 bits per heavy atom. The Morgan fingerprint density at radius 3 is 2.84 bits per heavy atom. The molecule has 5 heteroatoms. The maximum Gasteiger partial charge on any atom is 0.291 e. The number of hydrogen-bond acceptors (Lipinski definition) is 3. The van der Waals surface area contributed by atoms with E-state index in [4.69, 9.17) is 0 Å². The lowest BCUT2D eigenvalue weighted by Crippen LogP contribution is -2.31. The van der Waals surface area contributed by atoms with Gasteiger partial charge in [-0.1, -0.05) is 42.5 Å². The molecule has 2 aromatic carbocycles. The van der Waals surface area contributed by atoms with Gasteiger partial charge < -0.3 is 5.32 Å². The molecule has 1 aromatic heterocycles. The van der Waals surface area contributed by atoms with Crippen LogP contribution in [0.4, 0.5) is 0 Å². The summed E-state index contributed by atoms with van der Waals surface area (Å²) in [5, 5.41) is 7.45. The lowest BCUT2D eigenvalue weighted by atomic mass is 9.88. The van der Waals surface area contributed by atoms with Crippen LogP contribution in [0.25, 0.3) is 5.69 Å². The zero-order valence-electron chi connectivity index (χ0n) is 14.1. The minimum absolute atomic E-state index is 0.0304. The van der Waals surface area contributed by atoms with Gasteiger partial charge in [-0.3, -0.25) is 4.79 Å². The number of benzene rings is 2. The number of nitrogens with zero attached hydrogens (tertiary/aromatic N) is 3. The molecule has 0 radical (unpaired) electrons. The molecule has 0 bridgehead atoms. The second-order valence-corrected chi connectivity index (χ2v) is 6.42. The lowest BCUT2D eigenvalue weighted by Gasteiger charge is -2.25. The van der Waals surface area contributed by atoms with E-state index >= 15 is 0 Å². The number of fused-ring (bicyclic) bond motifs is 1. The van der Waals surface area contributed by atoms with E-state index in [1.54, 1.807) is 11.0 Å². The molecule has 1 heterocycles. The van der Waals surface area contributed by atoms with Gasteiger partial charge in [0, 0.05) is 0 Å². The number of nitrogens with one attached hydrogen (secondary N) is 1. The van der Waals surface area contributed by atoms with E-state index in [0.717, 1.165) is 30.5 Å². The van der Waals surface area contributed by atoms with Gasteiger partial charge in [-0.15, -0.1) is 5.10 Å². The van der Waals surface area contributed by atoms with Gasteiger partial charge in [-0.25, -0.2) is 9.67 Å². The van der Waals surface area contributed by atoms with Crippen LogP contribution in [0, 0.1) is 6.92 Å². The van der Waals surface area contributed by atoms with Crippen molar-refractivity contribution in [2.24, 2.45) is 0 Å². The SMILES string of the molecule is Cc1ccccc1-n1cnc(C(=O)NC2CCCc3ccccc32)n1. The minimum atomic E-state index is -0.228. The van der Waals surface area contributed by atoms with Crippen molar-refractivity contribution in [3.63, 3.8) is 0 Å². The number of aromatic nitrogens is 3. The van der Waals surface area contributed by atoms with Crippen molar-refractivity contribution < 1.29 is 4.79 Å². The van der Waals surface area contributed by atoms with E-state index in [0.29, 0.717) is 0 Å². The van der Waals surface area contributed by atoms with Gasteiger partial charge in [0.1, 0.15) is 6.33 Å². The summed E-state index contributed by atoms with van der Waals surface area (Å²) in [6.45, 7) is 2.01. The molecule has 1 aliphatic rings. The highest BCUT2D eigenvalue weighted by molar-refractivity contribution is 5.90. The highest BCUT2D eigenvalue weighted by Gasteiger charge is 2.23. The van der Waals surface area contributed by atoms with E-state index in [1.807, 2.05) is 37.3 Å². The second kappa shape index (κ2) is 6.51. The normalized spacial score (nSPS) is 16.3. The van der Waals surface area contributed by atoms with Crippen LogP contribution in [-0.2, 0) is 6.42 Å². The van der Waals surface area contributed by atoms with Crippen molar-refractivity contribution in [2.45, 2.75) is 32.2 Å². The minimum Gasteiger partial charge on any atom is -0.342 e. The predicted molar refractivity (Wildman–Crippen MR) is 95.7 cm³/mol. The smallest absolute Gasteiger partial charge is 0.291 e. The third-order valence-corrected chi connectivity index (χ3v) is 4.73. The molecule has 1 atom stereocenters. The molecule has 1 N–H and O–H groups in total. The van der Waals surface area contributed by atoms with Crippen molar-refractivity contribution >= 4 is 5.91 Å². The molecule has 126 valence electrons. The summed E-state index contributed by atoms with van der Waals surface area (Å²) in [6.07, 6.45) is 4.68. The summed E-state index contributed by atoms with van der Waals surface area (Å²) in [5.74, 6) is -0.0275. The van der Waals surface area contributed by atoms with Crippen LogP contribution in [0.15, 0.2) is 54.9 Å². The summed E-state index contributed by atoms with van der Waals surface area (Å²) in [4.78, 5) is 16.8. The first kappa shape index (κ1) is 15.6. The number of carbonyl (C=O) groups excluding carboxylic acids is 1. The lowest BCUT2D eigenvalue weighted by molar-refractivity contribution is 0.0922. The molecule has 1 unspecified atom stereocenters. The van der Waals surface area contributed by atoms with Crippen LogP contribution < -0.4 is 5.32 Å². The summed E-state index contributed by atoms with van der Waals surface area (Å²) >= 11 is 0. The van der Waals surface area contributed by atoms with E-state index in [-0.39, 0.29) is 17.8 Å². The Kier molecular flexibility index (Phi) is 4.06. The molecule has 0 fully saturated rings. The van der Waals surface area contributed by atoms with Gasteiger partial charge >= 0.3 is 0 Å².